The van der Waals surface area contributed by atoms with Crippen molar-refractivity contribution >= 4 is 33.3 Å². The number of anilines is 1. The van der Waals surface area contributed by atoms with Crippen LogP contribution in [0.5, 0.6) is 0 Å². The second kappa shape index (κ2) is 8.06. The third-order valence-electron chi connectivity index (χ3n) is 5.53. The van der Waals surface area contributed by atoms with Gasteiger partial charge in [0.15, 0.2) is 0 Å². The van der Waals surface area contributed by atoms with Crippen LogP contribution < -0.4 is 10.2 Å². The molecule has 0 spiro atoms. The van der Waals surface area contributed by atoms with Crippen LogP contribution in [-0.4, -0.2) is 28.5 Å². The number of nitrogens with zero attached hydrogens (tertiary/aromatic N) is 3. The van der Waals surface area contributed by atoms with E-state index in [4.69, 9.17) is 4.98 Å². The highest BCUT2D eigenvalue weighted by Crippen LogP contribution is 2.37. The van der Waals surface area contributed by atoms with Crippen LogP contribution in [0.2, 0.25) is 0 Å². The second-order valence-electron chi connectivity index (χ2n) is 7.68. The summed E-state index contributed by atoms with van der Waals surface area (Å²) in [5.74, 6) is 1.26. The Balaban J connectivity index is 1.65. The molecule has 1 aromatic carbocycles. The number of hydrogen-bond acceptors (Lipinski definition) is 5. The van der Waals surface area contributed by atoms with Crippen molar-refractivity contribution in [2.45, 2.75) is 52.6 Å². The van der Waals surface area contributed by atoms with Gasteiger partial charge in [0.1, 0.15) is 22.3 Å². The summed E-state index contributed by atoms with van der Waals surface area (Å²) in [6.07, 6.45) is 3.55. The number of aromatic nitrogens is 2. The number of hydrogen-bond donors (Lipinski definition) is 1. The molecule has 1 N–H and O–H groups in total. The molecule has 1 aliphatic heterocycles. The lowest BCUT2D eigenvalue weighted by Gasteiger charge is -2.35. The second-order valence-corrected chi connectivity index (χ2v) is 8.68. The first kappa shape index (κ1) is 19.8. The molecule has 152 valence electrons. The lowest BCUT2D eigenvalue weighted by Crippen LogP contribution is -2.38. The molecule has 1 unspecified atom stereocenters. The molecule has 5 nitrogen and oxygen atoms in total. The summed E-state index contributed by atoms with van der Waals surface area (Å²) in [6.45, 7) is 7.45. The first-order valence-electron chi connectivity index (χ1n) is 10.0. The molecular weight excluding hydrogens is 387 g/mol. The predicted molar refractivity (Wildman–Crippen MR) is 115 cm³/mol. The van der Waals surface area contributed by atoms with E-state index in [1.165, 1.54) is 29.9 Å². The van der Waals surface area contributed by atoms with Gasteiger partial charge in [-0.1, -0.05) is 12.1 Å². The van der Waals surface area contributed by atoms with Gasteiger partial charge in [-0.05, 0) is 63.3 Å². The molecule has 4 rings (SSSR count). The van der Waals surface area contributed by atoms with Crippen molar-refractivity contribution < 1.29 is 9.18 Å². The van der Waals surface area contributed by atoms with Crippen LogP contribution in [-0.2, 0) is 6.54 Å². The maximum atomic E-state index is 13.1. The number of thiophene rings is 1. The van der Waals surface area contributed by atoms with E-state index in [-0.39, 0.29) is 11.7 Å². The van der Waals surface area contributed by atoms with E-state index in [0.29, 0.717) is 17.5 Å². The zero-order chi connectivity index (χ0) is 20.5. The Kier molecular flexibility index (Phi) is 5.50. The number of benzene rings is 1. The Bertz CT molecular complexity index is 1050. The third-order valence-corrected chi connectivity index (χ3v) is 6.71. The van der Waals surface area contributed by atoms with Crippen molar-refractivity contribution in [2.75, 3.05) is 11.4 Å². The molecular formula is C22H25FN4OS. The summed E-state index contributed by atoms with van der Waals surface area (Å²) in [6, 6.07) is 6.58. The largest absolute Gasteiger partial charge is 0.353 e. The topological polar surface area (TPSA) is 58.1 Å². The maximum Gasteiger partial charge on any atom is 0.261 e. The van der Waals surface area contributed by atoms with Gasteiger partial charge in [0.05, 0.1) is 10.3 Å². The number of nitrogens with one attached hydrogen (secondary N) is 1. The summed E-state index contributed by atoms with van der Waals surface area (Å²) >= 11 is 1.41. The van der Waals surface area contributed by atoms with E-state index in [1.54, 1.807) is 12.1 Å². The molecule has 1 fully saturated rings. The summed E-state index contributed by atoms with van der Waals surface area (Å²) in [5, 5.41) is 3.93. The number of halogens is 1. The fourth-order valence-corrected chi connectivity index (χ4v) is 5.06. The molecule has 2 aromatic heterocycles. The highest BCUT2D eigenvalue weighted by Gasteiger charge is 2.26. The third kappa shape index (κ3) is 3.96. The maximum absolute atomic E-state index is 13.1. The lowest BCUT2D eigenvalue weighted by atomic mass is 10.0. The quantitative estimate of drug-likeness (QED) is 0.671. The highest BCUT2D eigenvalue weighted by molar-refractivity contribution is 7.20. The number of carbonyl (C=O) groups excluding carboxylic acids is 1. The molecule has 1 atom stereocenters. The Morgan fingerprint density at radius 2 is 2.00 bits per heavy atom. The summed E-state index contributed by atoms with van der Waals surface area (Å²) in [4.78, 5) is 26.1. The van der Waals surface area contributed by atoms with Crippen molar-refractivity contribution in [1.29, 1.82) is 0 Å². The van der Waals surface area contributed by atoms with E-state index < -0.39 is 0 Å². The Labute approximate surface area is 174 Å². The van der Waals surface area contributed by atoms with E-state index in [9.17, 15) is 9.18 Å². The number of aryl methyl sites for hydroxylation is 2. The zero-order valence-corrected chi connectivity index (χ0v) is 17.8. The monoisotopic (exact) mass is 412 g/mol. The van der Waals surface area contributed by atoms with Crippen LogP contribution in [0.3, 0.4) is 0 Å². The Morgan fingerprint density at radius 1 is 1.24 bits per heavy atom. The number of fused-ring (bicyclic) bond motifs is 1. The predicted octanol–water partition coefficient (Wildman–Crippen LogP) is 4.76. The van der Waals surface area contributed by atoms with Crippen LogP contribution >= 0.6 is 11.3 Å². The average molecular weight is 413 g/mol. The van der Waals surface area contributed by atoms with Crippen molar-refractivity contribution in [3.63, 3.8) is 0 Å². The Hall–Kier alpha value is -2.54. The molecule has 0 bridgehead atoms. The van der Waals surface area contributed by atoms with Crippen molar-refractivity contribution in [2.24, 2.45) is 0 Å². The smallest absolute Gasteiger partial charge is 0.261 e. The van der Waals surface area contributed by atoms with Gasteiger partial charge in [-0.15, -0.1) is 11.3 Å². The van der Waals surface area contributed by atoms with Gasteiger partial charge in [0, 0.05) is 19.1 Å². The molecule has 0 aliphatic carbocycles. The van der Waals surface area contributed by atoms with Gasteiger partial charge < -0.3 is 10.2 Å². The fraction of sp³-hybridized carbons (Fsp3) is 0.409. The lowest BCUT2D eigenvalue weighted by molar-refractivity contribution is 0.0954. The van der Waals surface area contributed by atoms with Crippen molar-refractivity contribution in [1.82, 2.24) is 15.3 Å². The molecule has 0 radical (unpaired) electrons. The highest BCUT2D eigenvalue weighted by atomic mass is 32.1. The van der Waals surface area contributed by atoms with Gasteiger partial charge in [-0.25, -0.2) is 14.4 Å². The van der Waals surface area contributed by atoms with Gasteiger partial charge in [-0.3, -0.25) is 4.79 Å². The first-order chi connectivity index (χ1) is 13.9. The van der Waals surface area contributed by atoms with Crippen molar-refractivity contribution in [3.05, 3.63) is 51.9 Å². The Morgan fingerprint density at radius 3 is 2.72 bits per heavy atom. The normalized spacial score (nSPS) is 17.0. The van der Waals surface area contributed by atoms with E-state index in [0.717, 1.165) is 52.4 Å². The van der Waals surface area contributed by atoms with Crippen LogP contribution in [0.25, 0.3) is 10.2 Å². The molecule has 1 aliphatic rings. The van der Waals surface area contributed by atoms with E-state index >= 15 is 0 Å². The molecule has 1 saturated heterocycles. The standard InChI is InChI=1S/C22H25FN4OS/c1-13-6-4-5-11-27(13)20-18-14(2)19(29-22(18)26-15(3)25-20)21(28)24-12-16-7-9-17(23)10-8-16/h7-10,13H,4-6,11-12H2,1-3H3,(H,24,28). The van der Waals surface area contributed by atoms with Crippen molar-refractivity contribution in [3.8, 4) is 0 Å². The molecule has 7 heteroatoms. The van der Waals surface area contributed by atoms with Gasteiger partial charge >= 0.3 is 0 Å². The van der Waals surface area contributed by atoms with Crippen LogP contribution in [0.1, 0.15) is 52.8 Å². The SMILES string of the molecule is Cc1nc(N2CCCCC2C)c2c(C)c(C(=O)NCc3ccc(F)cc3)sc2n1. The van der Waals surface area contributed by atoms with E-state index in [2.05, 4.69) is 22.1 Å². The van der Waals surface area contributed by atoms with Gasteiger partial charge in [0.25, 0.3) is 5.91 Å². The summed E-state index contributed by atoms with van der Waals surface area (Å²) in [5.41, 5.74) is 1.78. The zero-order valence-electron chi connectivity index (χ0n) is 17.0. The minimum atomic E-state index is -0.283. The molecule has 1 amide bonds. The van der Waals surface area contributed by atoms with Gasteiger partial charge in [-0.2, -0.15) is 0 Å². The molecule has 0 saturated carbocycles. The number of carbonyl (C=O) groups is 1. The van der Waals surface area contributed by atoms with Crippen LogP contribution in [0, 0.1) is 19.7 Å². The molecule has 3 heterocycles. The first-order valence-corrected chi connectivity index (χ1v) is 10.8. The summed E-state index contributed by atoms with van der Waals surface area (Å²) < 4.78 is 13.1. The van der Waals surface area contributed by atoms with Gasteiger partial charge in [0.2, 0.25) is 0 Å². The van der Waals surface area contributed by atoms with Crippen LogP contribution in [0.4, 0.5) is 10.2 Å². The number of amides is 1. The number of rotatable bonds is 4. The summed E-state index contributed by atoms with van der Waals surface area (Å²) in [7, 11) is 0. The average Bonchev–Trinajstić information content (AvgIpc) is 3.03. The van der Waals surface area contributed by atoms with E-state index in [1.807, 2.05) is 13.8 Å². The minimum Gasteiger partial charge on any atom is -0.353 e. The molecule has 3 aromatic rings. The minimum absolute atomic E-state index is 0.134. The number of piperidine rings is 1. The van der Waals surface area contributed by atoms with Crippen LogP contribution in [0.15, 0.2) is 24.3 Å². The molecule has 29 heavy (non-hydrogen) atoms. The fourth-order valence-electron chi connectivity index (χ4n) is 3.92.